The van der Waals surface area contributed by atoms with Crippen LogP contribution in [0.15, 0.2) is 42.5 Å². The largest absolute Gasteiger partial charge is 0.484 e. The lowest BCUT2D eigenvalue weighted by atomic mass is 9.87. The van der Waals surface area contributed by atoms with Crippen LogP contribution in [0.4, 0.5) is 0 Å². The molecule has 0 saturated carbocycles. The molecule has 0 aliphatic rings. The highest BCUT2D eigenvalue weighted by Crippen LogP contribution is 2.25. The lowest BCUT2D eigenvalue weighted by Crippen LogP contribution is -2.50. The van der Waals surface area contributed by atoms with Crippen molar-refractivity contribution in [1.82, 2.24) is 10.2 Å². The van der Waals surface area contributed by atoms with Crippen LogP contribution in [-0.4, -0.2) is 35.9 Å². The van der Waals surface area contributed by atoms with Crippen LogP contribution in [0.2, 0.25) is 10.0 Å². The van der Waals surface area contributed by atoms with Gasteiger partial charge >= 0.3 is 0 Å². The number of nitrogens with one attached hydrogen (secondary N) is 1. The van der Waals surface area contributed by atoms with E-state index in [1.165, 1.54) is 10.5 Å². The summed E-state index contributed by atoms with van der Waals surface area (Å²) in [5.41, 5.74) is 1.92. The van der Waals surface area contributed by atoms with Crippen LogP contribution >= 0.6 is 23.2 Å². The third kappa shape index (κ3) is 7.94. The van der Waals surface area contributed by atoms with Gasteiger partial charge in [0.1, 0.15) is 11.8 Å². The van der Waals surface area contributed by atoms with Crippen LogP contribution in [-0.2, 0) is 21.5 Å². The zero-order valence-electron chi connectivity index (χ0n) is 20.1. The van der Waals surface area contributed by atoms with Crippen molar-refractivity contribution in [3.63, 3.8) is 0 Å². The number of carbonyl (C=O) groups excluding carboxylic acids is 2. The summed E-state index contributed by atoms with van der Waals surface area (Å²) >= 11 is 12.4. The summed E-state index contributed by atoms with van der Waals surface area (Å²) in [6.07, 6.45) is 1.28. The van der Waals surface area contributed by atoms with Crippen LogP contribution < -0.4 is 10.1 Å². The van der Waals surface area contributed by atoms with Gasteiger partial charge < -0.3 is 15.0 Å². The van der Waals surface area contributed by atoms with Crippen LogP contribution in [0.5, 0.6) is 5.75 Å². The Morgan fingerprint density at radius 1 is 1.06 bits per heavy atom. The summed E-state index contributed by atoms with van der Waals surface area (Å²) in [7, 11) is 0. The molecule has 0 aliphatic carbocycles. The van der Waals surface area contributed by atoms with E-state index in [2.05, 4.69) is 26.1 Å². The highest BCUT2D eigenvalue weighted by molar-refractivity contribution is 6.35. The third-order valence-corrected chi connectivity index (χ3v) is 5.96. The molecular formula is C26H34Cl2N2O3. The van der Waals surface area contributed by atoms with Gasteiger partial charge in [-0.2, -0.15) is 0 Å². The minimum Gasteiger partial charge on any atom is -0.484 e. The molecule has 0 aromatic heterocycles. The number of hydrogen-bond donors (Lipinski definition) is 1. The number of amides is 2. The molecule has 0 bridgehead atoms. The fraction of sp³-hybridized carbons (Fsp3) is 0.462. The van der Waals surface area contributed by atoms with Gasteiger partial charge in [0.15, 0.2) is 6.61 Å². The molecule has 7 heteroatoms. The van der Waals surface area contributed by atoms with Crippen molar-refractivity contribution in [2.75, 3.05) is 13.2 Å². The Balaban J connectivity index is 2.21. The number of halogens is 2. The van der Waals surface area contributed by atoms with Gasteiger partial charge in [-0.3, -0.25) is 9.59 Å². The molecule has 0 saturated heterocycles. The Kier molecular flexibility index (Phi) is 10.1. The van der Waals surface area contributed by atoms with Gasteiger partial charge in [-0.15, -0.1) is 0 Å². The van der Waals surface area contributed by atoms with E-state index in [0.29, 0.717) is 34.3 Å². The molecule has 180 valence electrons. The van der Waals surface area contributed by atoms with Crippen molar-refractivity contribution >= 4 is 35.0 Å². The van der Waals surface area contributed by atoms with Gasteiger partial charge in [-0.1, -0.05) is 76.0 Å². The molecule has 5 nitrogen and oxygen atoms in total. The molecule has 0 fully saturated rings. The third-order valence-electron chi connectivity index (χ3n) is 5.37. The molecule has 0 heterocycles. The van der Waals surface area contributed by atoms with E-state index in [0.717, 1.165) is 6.42 Å². The van der Waals surface area contributed by atoms with Crippen molar-refractivity contribution in [2.24, 2.45) is 0 Å². The van der Waals surface area contributed by atoms with Gasteiger partial charge in [0.2, 0.25) is 5.91 Å². The van der Waals surface area contributed by atoms with Gasteiger partial charge in [0.05, 0.1) is 0 Å². The summed E-state index contributed by atoms with van der Waals surface area (Å²) < 4.78 is 5.78. The number of benzene rings is 2. The second-order valence-corrected chi connectivity index (χ2v) is 9.88. The van der Waals surface area contributed by atoms with Crippen LogP contribution in [0.3, 0.4) is 0 Å². The molecule has 0 spiro atoms. The summed E-state index contributed by atoms with van der Waals surface area (Å²) in [4.78, 5) is 27.6. The SMILES string of the molecule is CCCNC(=O)[C@H](CC)N(Cc1ccc(Cl)cc1Cl)C(=O)COc1ccc(C(C)(C)C)cc1. The fourth-order valence-corrected chi connectivity index (χ4v) is 3.87. The average Bonchev–Trinajstić information content (AvgIpc) is 2.77. The molecule has 33 heavy (non-hydrogen) atoms. The summed E-state index contributed by atoms with van der Waals surface area (Å²) in [5, 5.41) is 3.85. The van der Waals surface area contributed by atoms with Crippen molar-refractivity contribution in [1.29, 1.82) is 0 Å². The molecule has 2 amide bonds. The predicted molar refractivity (Wildman–Crippen MR) is 135 cm³/mol. The van der Waals surface area contributed by atoms with E-state index >= 15 is 0 Å². The summed E-state index contributed by atoms with van der Waals surface area (Å²) in [6, 6.07) is 12.2. The fourth-order valence-electron chi connectivity index (χ4n) is 3.40. The zero-order chi connectivity index (χ0) is 24.6. The molecule has 1 atom stereocenters. The van der Waals surface area contributed by atoms with E-state index in [1.807, 2.05) is 38.1 Å². The van der Waals surface area contributed by atoms with Crippen molar-refractivity contribution in [3.05, 3.63) is 63.6 Å². The molecule has 0 aliphatic heterocycles. The molecule has 2 aromatic rings. The standard InChI is InChI=1S/C26H34Cl2N2O3/c1-6-14-29-25(32)23(7-2)30(16-18-8-11-20(27)15-22(18)28)24(31)17-33-21-12-9-19(10-13-21)26(3,4)5/h8-13,15,23H,6-7,14,16-17H2,1-5H3,(H,29,32)/t23-/m0/s1. The second kappa shape index (κ2) is 12.3. The minimum atomic E-state index is -0.636. The molecule has 0 unspecified atom stereocenters. The van der Waals surface area contributed by atoms with Gasteiger partial charge in [0, 0.05) is 23.1 Å². The topological polar surface area (TPSA) is 58.6 Å². The van der Waals surface area contributed by atoms with Crippen LogP contribution in [0.1, 0.15) is 58.6 Å². The first-order valence-corrected chi connectivity index (χ1v) is 12.1. The van der Waals surface area contributed by atoms with E-state index in [-0.39, 0.29) is 30.4 Å². The highest BCUT2D eigenvalue weighted by Gasteiger charge is 2.29. The van der Waals surface area contributed by atoms with E-state index in [9.17, 15) is 9.59 Å². The molecule has 0 radical (unpaired) electrons. The summed E-state index contributed by atoms with van der Waals surface area (Å²) in [5.74, 6) is 0.121. The number of carbonyl (C=O) groups is 2. The monoisotopic (exact) mass is 492 g/mol. The maximum Gasteiger partial charge on any atom is 0.261 e. The number of rotatable bonds is 10. The first kappa shape index (κ1) is 27.0. The Labute approximate surface area is 207 Å². The smallest absolute Gasteiger partial charge is 0.261 e. The highest BCUT2D eigenvalue weighted by atomic mass is 35.5. The molecule has 2 aromatic carbocycles. The second-order valence-electron chi connectivity index (χ2n) is 9.04. The Hall–Kier alpha value is -2.24. The van der Waals surface area contributed by atoms with Crippen LogP contribution in [0.25, 0.3) is 0 Å². The normalized spacial score (nSPS) is 12.2. The van der Waals surface area contributed by atoms with Gasteiger partial charge in [0.25, 0.3) is 5.91 Å². The first-order chi connectivity index (χ1) is 15.6. The van der Waals surface area contributed by atoms with Gasteiger partial charge in [-0.05, 0) is 53.6 Å². The maximum absolute atomic E-state index is 13.3. The van der Waals surface area contributed by atoms with Crippen LogP contribution in [0, 0.1) is 0 Å². The summed E-state index contributed by atoms with van der Waals surface area (Å²) in [6.45, 7) is 10.8. The number of hydrogen-bond acceptors (Lipinski definition) is 3. The quantitative estimate of drug-likeness (QED) is 0.442. The van der Waals surface area contributed by atoms with E-state index in [4.69, 9.17) is 27.9 Å². The Bertz CT molecular complexity index is 940. The molecular weight excluding hydrogens is 459 g/mol. The number of nitrogens with zero attached hydrogens (tertiary/aromatic N) is 1. The number of ether oxygens (including phenoxy) is 1. The minimum absolute atomic E-state index is 0.0309. The lowest BCUT2D eigenvalue weighted by molar-refractivity contribution is -0.143. The Morgan fingerprint density at radius 3 is 2.27 bits per heavy atom. The maximum atomic E-state index is 13.3. The molecule has 1 N–H and O–H groups in total. The van der Waals surface area contributed by atoms with E-state index in [1.54, 1.807) is 18.2 Å². The first-order valence-electron chi connectivity index (χ1n) is 11.3. The van der Waals surface area contributed by atoms with Crippen molar-refractivity contribution in [2.45, 2.75) is 65.5 Å². The van der Waals surface area contributed by atoms with Crippen molar-refractivity contribution in [3.8, 4) is 5.75 Å². The van der Waals surface area contributed by atoms with Crippen molar-refractivity contribution < 1.29 is 14.3 Å². The zero-order valence-corrected chi connectivity index (χ0v) is 21.6. The Morgan fingerprint density at radius 2 is 1.73 bits per heavy atom. The van der Waals surface area contributed by atoms with E-state index < -0.39 is 6.04 Å². The molecule has 2 rings (SSSR count). The average molecular weight is 493 g/mol. The lowest BCUT2D eigenvalue weighted by Gasteiger charge is -2.31. The predicted octanol–water partition coefficient (Wildman–Crippen LogP) is 6.00. The van der Waals surface area contributed by atoms with Gasteiger partial charge in [-0.25, -0.2) is 0 Å².